The lowest BCUT2D eigenvalue weighted by molar-refractivity contribution is 0.704. The molecule has 0 amide bonds. The average Bonchev–Trinajstić information content (AvgIpc) is 3.04. The fourth-order valence-electron chi connectivity index (χ4n) is 4.32. The van der Waals surface area contributed by atoms with Crippen LogP contribution in [0, 0.1) is 0 Å². The number of benzene rings is 3. The zero-order chi connectivity index (χ0) is 18.0. The van der Waals surface area contributed by atoms with E-state index in [9.17, 15) is 0 Å². The van der Waals surface area contributed by atoms with Crippen molar-refractivity contribution in [2.45, 2.75) is 25.7 Å². The molecule has 128 valence electrons. The first-order chi connectivity index (χ1) is 12.7. The monoisotopic (exact) mass is 336 g/mol. The summed E-state index contributed by atoms with van der Waals surface area (Å²) in [5.74, 6) is 0. The van der Waals surface area contributed by atoms with Crippen molar-refractivity contribution < 1.29 is 0 Å². The molecule has 0 saturated carbocycles. The van der Waals surface area contributed by atoms with Gasteiger partial charge in [-0.3, -0.25) is 0 Å². The van der Waals surface area contributed by atoms with Crippen LogP contribution in [-0.2, 0) is 5.41 Å². The van der Waals surface area contributed by atoms with Gasteiger partial charge < -0.3 is 0 Å². The maximum absolute atomic E-state index is 2.37. The second kappa shape index (κ2) is 6.80. The third kappa shape index (κ3) is 2.54. The molecule has 0 nitrogen and oxygen atoms in total. The summed E-state index contributed by atoms with van der Waals surface area (Å²) in [6.45, 7) is 4.51. The highest BCUT2D eigenvalue weighted by Crippen LogP contribution is 2.50. The van der Waals surface area contributed by atoms with Crippen molar-refractivity contribution in [3.05, 3.63) is 130 Å². The van der Waals surface area contributed by atoms with Crippen LogP contribution in [-0.4, -0.2) is 0 Å². The molecular formula is C26H24. The molecule has 0 heterocycles. The van der Waals surface area contributed by atoms with Gasteiger partial charge in [0.05, 0.1) is 5.41 Å². The Morgan fingerprint density at radius 2 is 0.962 bits per heavy atom. The van der Waals surface area contributed by atoms with Crippen LogP contribution in [0.3, 0.4) is 0 Å². The van der Waals surface area contributed by atoms with Crippen LogP contribution in [0.25, 0.3) is 0 Å². The largest absolute Gasteiger partial charge is 0.0772 e. The molecule has 0 unspecified atom stereocenters. The van der Waals surface area contributed by atoms with Crippen LogP contribution in [0.15, 0.2) is 114 Å². The normalized spacial score (nSPS) is 14.5. The van der Waals surface area contributed by atoms with E-state index in [-0.39, 0.29) is 5.41 Å². The minimum Gasteiger partial charge on any atom is -0.0772 e. The van der Waals surface area contributed by atoms with Crippen molar-refractivity contribution in [3.8, 4) is 0 Å². The van der Waals surface area contributed by atoms with Crippen molar-refractivity contribution in [2.24, 2.45) is 0 Å². The molecule has 0 radical (unpaired) electrons. The fraction of sp³-hybridized carbons (Fsp3) is 0.154. The van der Waals surface area contributed by atoms with Gasteiger partial charge in [0.15, 0.2) is 0 Å². The van der Waals surface area contributed by atoms with E-state index >= 15 is 0 Å². The summed E-state index contributed by atoms with van der Waals surface area (Å²) in [5.41, 5.74) is 8.02. The number of hydrogen-bond acceptors (Lipinski definition) is 0. The Morgan fingerprint density at radius 1 is 0.577 bits per heavy atom. The minimum atomic E-state index is -0.262. The van der Waals surface area contributed by atoms with Crippen LogP contribution in [0.1, 0.15) is 37.0 Å². The van der Waals surface area contributed by atoms with E-state index in [2.05, 4.69) is 111 Å². The van der Waals surface area contributed by atoms with Crippen molar-refractivity contribution in [3.63, 3.8) is 0 Å². The van der Waals surface area contributed by atoms with Crippen LogP contribution in [0.2, 0.25) is 0 Å². The zero-order valence-corrected chi connectivity index (χ0v) is 15.4. The predicted octanol–water partition coefficient (Wildman–Crippen LogP) is 6.69. The van der Waals surface area contributed by atoms with E-state index < -0.39 is 0 Å². The Morgan fingerprint density at radius 3 is 1.27 bits per heavy atom. The van der Waals surface area contributed by atoms with Gasteiger partial charge in [-0.05, 0) is 48.1 Å². The molecule has 3 aromatic carbocycles. The van der Waals surface area contributed by atoms with E-state index in [1.54, 1.807) is 0 Å². The first kappa shape index (κ1) is 16.6. The molecule has 0 spiro atoms. The summed E-state index contributed by atoms with van der Waals surface area (Å²) < 4.78 is 0. The Kier molecular flexibility index (Phi) is 4.34. The van der Waals surface area contributed by atoms with E-state index in [0.29, 0.717) is 0 Å². The molecule has 1 aliphatic rings. The number of allylic oxidation sites excluding steroid dienone is 4. The summed E-state index contributed by atoms with van der Waals surface area (Å²) in [5, 5.41) is 0. The molecule has 0 N–H and O–H groups in total. The van der Waals surface area contributed by atoms with Crippen LogP contribution in [0.5, 0.6) is 0 Å². The molecule has 0 aliphatic heterocycles. The lowest BCUT2D eigenvalue weighted by Gasteiger charge is -2.38. The SMILES string of the molecule is CC1=CCC(C(c2ccccc2)(c2ccccc2)c2ccccc2)=C1C. The van der Waals surface area contributed by atoms with Gasteiger partial charge in [-0.1, -0.05) is 103 Å². The molecule has 3 aromatic rings. The second-order valence-corrected chi connectivity index (χ2v) is 7.04. The molecule has 0 atom stereocenters. The Hall–Kier alpha value is -2.86. The fourth-order valence-corrected chi connectivity index (χ4v) is 4.32. The zero-order valence-electron chi connectivity index (χ0n) is 15.4. The molecule has 0 fully saturated rings. The Balaban J connectivity index is 2.12. The van der Waals surface area contributed by atoms with Crippen LogP contribution >= 0.6 is 0 Å². The van der Waals surface area contributed by atoms with Gasteiger partial charge in [-0.2, -0.15) is 0 Å². The summed E-state index contributed by atoms with van der Waals surface area (Å²) in [6.07, 6.45) is 3.37. The molecule has 0 heteroatoms. The predicted molar refractivity (Wildman–Crippen MR) is 110 cm³/mol. The Labute approximate surface area is 156 Å². The molecule has 4 rings (SSSR count). The lowest BCUT2D eigenvalue weighted by Crippen LogP contribution is -2.32. The third-order valence-electron chi connectivity index (χ3n) is 5.73. The van der Waals surface area contributed by atoms with Crippen molar-refractivity contribution in [2.75, 3.05) is 0 Å². The first-order valence-electron chi connectivity index (χ1n) is 9.28. The standard InChI is InChI=1S/C26H24/c1-20-18-19-25(21(20)2)26(22-12-6-3-7-13-22,23-14-8-4-9-15-23)24-16-10-5-11-17-24/h3-18H,19H2,1-2H3. The first-order valence-corrected chi connectivity index (χ1v) is 9.28. The molecule has 1 aliphatic carbocycles. The molecular weight excluding hydrogens is 312 g/mol. The van der Waals surface area contributed by atoms with Gasteiger partial charge >= 0.3 is 0 Å². The van der Waals surface area contributed by atoms with Crippen LogP contribution < -0.4 is 0 Å². The molecule has 0 aromatic heterocycles. The molecule has 26 heavy (non-hydrogen) atoms. The van der Waals surface area contributed by atoms with E-state index in [1.807, 2.05) is 0 Å². The average molecular weight is 336 g/mol. The van der Waals surface area contributed by atoms with Gasteiger partial charge in [0, 0.05) is 0 Å². The summed E-state index contributed by atoms with van der Waals surface area (Å²) in [6, 6.07) is 32.9. The van der Waals surface area contributed by atoms with E-state index in [4.69, 9.17) is 0 Å². The van der Waals surface area contributed by atoms with Gasteiger partial charge in [0.1, 0.15) is 0 Å². The van der Waals surface area contributed by atoms with Crippen molar-refractivity contribution in [1.29, 1.82) is 0 Å². The highest BCUT2D eigenvalue weighted by Gasteiger charge is 2.41. The minimum absolute atomic E-state index is 0.262. The summed E-state index contributed by atoms with van der Waals surface area (Å²) in [7, 11) is 0. The molecule has 0 saturated heterocycles. The van der Waals surface area contributed by atoms with E-state index in [0.717, 1.165) is 6.42 Å². The lowest BCUT2D eigenvalue weighted by atomic mass is 9.63. The maximum Gasteiger partial charge on any atom is 0.0670 e. The Bertz CT molecular complexity index is 848. The third-order valence-corrected chi connectivity index (χ3v) is 5.73. The van der Waals surface area contributed by atoms with Gasteiger partial charge in [0.25, 0.3) is 0 Å². The smallest absolute Gasteiger partial charge is 0.0670 e. The van der Waals surface area contributed by atoms with Crippen molar-refractivity contribution >= 4 is 0 Å². The van der Waals surface area contributed by atoms with Crippen molar-refractivity contribution in [1.82, 2.24) is 0 Å². The number of hydrogen-bond donors (Lipinski definition) is 0. The highest BCUT2D eigenvalue weighted by molar-refractivity contribution is 5.63. The summed E-state index contributed by atoms with van der Waals surface area (Å²) >= 11 is 0. The second-order valence-electron chi connectivity index (χ2n) is 7.04. The maximum atomic E-state index is 2.37. The molecule has 0 bridgehead atoms. The topological polar surface area (TPSA) is 0 Å². The van der Waals surface area contributed by atoms with Crippen LogP contribution in [0.4, 0.5) is 0 Å². The highest BCUT2D eigenvalue weighted by atomic mass is 14.4. The van der Waals surface area contributed by atoms with Gasteiger partial charge in [-0.15, -0.1) is 0 Å². The summed E-state index contributed by atoms with van der Waals surface area (Å²) in [4.78, 5) is 0. The van der Waals surface area contributed by atoms with Gasteiger partial charge in [-0.25, -0.2) is 0 Å². The number of rotatable bonds is 4. The van der Waals surface area contributed by atoms with Gasteiger partial charge in [0.2, 0.25) is 0 Å². The quantitative estimate of drug-likeness (QED) is 0.466. The van der Waals surface area contributed by atoms with E-state index in [1.165, 1.54) is 33.4 Å².